The van der Waals surface area contributed by atoms with Gasteiger partial charge >= 0.3 is 0 Å². The molecule has 0 aliphatic carbocycles. The Morgan fingerprint density at radius 2 is 2.11 bits per heavy atom. The monoisotopic (exact) mass is 279 g/mol. The summed E-state index contributed by atoms with van der Waals surface area (Å²) in [5, 5.41) is 7.85. The molecule has 1 atom stereocenters. The summed E-state index contributed by atoms with van der Waals surface area (Å²) < 4.78 is 0. The number of hydrogen-bond acceptors (Lipinski definition) is 3. The zero-order valence-corrected chi connectivity index (χ0v) is 13.2. The summed E-state index contributed by atoms with van der Waals surface area (Å²) in [7, 11) is 2.08. The first-order chi connectivity index (χ1) is 9.01. The van der Waals surface area contributed by atoms with Gasteiger partial charge in [0.1, 0.15) is 5.84 Å². The van der Waals surface area contributed by atoms with Crippen molar-refractivity contribution in [2.45, 2.75) is 32.1 Å². The number of thioether (sulfide) groups is 1. The number of benzene rings is 1. The van der Waals surface area contributed by atoms with Crippen molar-refractivity contribution in [3.63, 3.8) is 0 Å². The van der Waals surface area contributed by atoms with Crippen LogP contribution < -0.4 is 10.6 Å². The molecule has 0 aliphatic heterocycles. The van der Waals surface area contributed by atoms with Crippen LogP contribution in [0.4, 0.5) is 5.69 Å². The van der Waals surface area contributed by atoms with Gasteiger partial charge in [-0.15, -0.1) is 11.8 Å². The fourth-order valence-electron chi connectivity index (χ4n) is 2.08. The van der Waals surface area contributed by atoms with Gasteiger partial charge in [0.05, 0.1) is 5.56 Å². The Morgan fingerprint density at radius 3 is 2.63 bits per heavy atom. The van der Waals surface area contributed by atoms with Crippen molar-refractivity contribution in [1.82, 2.24) is 0 Å². The highest BCUT2D eigenvalue weighted by Gasteiger charge is 2.15. The Morgan fingerprint density at radius 1 is 1.42 bits per heavy atom. The Labute approximate surface area is 121 Å². The number of amidine groups is 1. The van der Waals surface area contributed by atoms with E-state index in [0.29, 0.717) is 5.92 Å². The van der Waals surface area contributed by atoms with Gasteiger partial charge < -0.3 is 10.6 Å². The molecule has 1 aromatic carbocycles. The van der Waals surface area contributed by atoms with Crippen molar-refractivity contribution in [3.05, 3.63) is 23.8 Å². The molecule has 0 spiro atoms. The topological polar surface area (TPSA) is 53.1 Å². The quantitative estimate of drug-likeness (QED) is 0.456. The van der Waals surface area contributed by atoms with Gasteiger partial charge in [0.25, 0.3) is 0 Å². The minimum atomic E-state index is 0.155. The molecule has 1 rings (SSSR count). The average Bonchev–Trinajstić information content (AvgIpc) is 2.38. The van der Waals surface area contributed by atoms with E-state index in [1.165, 1.54) is 0 Å². The highest BCUT2D eigenvalue weighted by Crippen LogP contribution is 2.30. The van der Waals surface area contributed by atoms with Gasteiger partial charge in [-0.3, -0.25) is 5.41 Å². The maximum absolute atomic E-state index is 7.85. The van der Waals surface area contributed by atoms with E-state index in [1.54, 1.807) is 11.8 Å². The first-order valence-electron chi connectivity index (χ1n) is 6.82. The fourth-order valence-corrected chi connectivity index (χ4v) is 2.92. The Hall–Kier alpha value is -1.16. The van der Waals surface area contributed by atoms with E-state index in [9.17, 15) is 0 Å². The predicted octanol–water partition coefficient (Wildman–Crippen LogP) is 3.56. The summed E-state index contributed by atoms with van der Waals surface area (Å²) in [4.78, 5) is 3.31. The third-order valence-electron chi connectivity index (χ3n) is 3.27. The van der Waals surface area contributed by atoms with Gasteiger partial charge in [-0.2, -0.15) is 0 Å². The molecule has 19 heavy (non-hydrogen) atoms. The predicted molar refractivity (Wildman–Crippen MR) is 86.6 cm³/mol. The summed E-state index contributed by atoms with van der Waals surface area (Å²) in [5.74, 6) is 1.77. The van der Waals surface area contributed by atoms with Gasteiger partial charge in [0, 0.05) is 24.2 Å². The van der Waals surface area contributed by atoms with Crippen LogP contribution in [0.3, 0.4) is 0 Å². The van der Waals surface area contributed by atoms with Crippen molar-refractivity contribution in [3.8, 4) is 0 Å². The second-order valence-corrected chi connectivity index (χ2v) is 6.20. The van der Waals surface area contributed by atoms with Crippen molar-refractivity contribution in [2.24, 2.45) is 11.7 Å². The lowest BCUT2D eigenvalue weighted by atomic mass is 10.1. The van der Waals surface area contributed by atoms with Crippen LogP contribution in [0.5, 0.6) is 0 Å². The molecule has 106 valence electrons. The van der Waals surface area contributed by atoms with Crippen molar-refractivity contribution >= 4 is 23.3 Å². The second-order valence-electron chi connectivity index (χ2n) is 4.89. The highest BCUT2D eigenvalue weighted by atomic mass is 32.2. The van der Waals surface area contributed by atoms with Crippen LogP contribution in [0.15, 0.2) is 23.1 Å². The number of anilines is 1. The zero-order valence-electron chi connectivity index (χ0n) is 12.4. The standard InChI is InChI=1S/C15H25N3S/c1-5-11(3)10-18(4)12-8-7-9-13(19-6-2)14(12)15(16)17/h7-9,11H,5-6,10H2,1-4H3,(H3,16,17). The molecule has 0 saturated heterocycles. The zero-order chi connectivity index (χ0) is 14.4. The molecule has 1 unspecified atom stereocenters. The maximum Gasteiger partial charge on any atom is 0.126 e. The Bertz CT molecular complexity index is 431. The van der Waals surface area contributed by atoms with E-state index < -0.39 is 0 Å². The van der Waals surface area contributed by atoms with Gasteiger partial charge in [0.15, 0.2) is 0 Å². The fraction of sp³-hybridized carbons (Fsp3) is 0.533. The van der Waals surface area contributed by atoms with E-state index in [1.807, 2.05) is 12.1 Å². The van der Waals surface area contributed by atoms with Gasteiger partial charge in [-0.25, -0.2) is 0 Å². The first kappa shape index (κ1) is 15.9. The lowest BCUT2D eigenvalue weighted by molar-refractivity contribution is 0.559. The molecule has 0 aliphatic rings. The highest BCUT2D eigenvalue weighted by molar-refractivity contribution is 7.99. The van der Waals surface area contributed by atoms with Crippen LogP contribution in [0.25, 0.3) is 0 Å². The molecular weight excluding hydrogens is 254 g/mol. The summed E-state index contributed by atoms with van der Waals surface area (Å²) in [6, 6.07) is 6.15. The molecule has 0 amide bonds. The number of hydrogen-bond donors (Lipinski definition) is 2. The summed E-state index contributed by atoms with van der Waals surface area (Å²) in [6.07, 6.45) is 1.16. The number of rotatable bonds is 7. The molecule has 0 heterocycles. The molecule has 0 fully saturated rings. The normalized spacial score (nSPS) is 12.2. The van der Waals surface area contributed by atoms with Gasteiger partial charge in [0.2, 0.25) is 0 Å². The molecule has 0 bridgehead atoms. The minimum absolute atomic E-state index is 0.155. The van der Waals surface area contributed by atoms with Crippen LogP contribution in [0.2, 0.25) is 0 Å². The molecular formula is C15H25N3S. The molecule has 0 aromatic heterocycles. The van der Waals surface area contributed by atoms with Crippen LogP contribution in [-0.2, 0) is 0 Å². The summed E-state index contributed by atoms with van der Waals surface area (Å²) in [5.41, 5.74) is 7.73. The van der Waals surface area contributed by atoms with Crippen molar-refractivity contribution in [1.29, 1.82) is 5.41 Å². The Balaban J connectivity index is 3.11. The number of nitrogens with two attached hydrogens (primary N) is 1. The Kier molecular flexibility index (Phi) is 6.22. The molecule has 3 nitrogen and oxygen atoms in total. The van der Waals surface area contributed by atoms with E-state index in [4.69, 9.17) is 11.1 Å². The van der Waals surface area contributed by atoms with Crippen LogP contribution in [0.1, 0.15) is 32.8 Å². The van der Waals surface area contributed by atoms with Crippen molar-refractivity contribution < 1.29 is 0 Å². The van der Waals surface area contributed by atoms with E-state index >= 15 is 0 Å². The summed E-state index contributed by atoms with van der Waals surface area (Å²) in [6.45, 7) is 7.55. The average molecular weight is 279 g/mol. The SMILES string of the molecule is CCSc1cccc(N(C)CC(C)CC)c1C(=N)N. The van der Waals surface area contributed by atoms with E-state index in [0.717, 1.165) is 34.9 Å². The lowest BCUT2D eigenvalue weighted by Gasteiger charge is -2.26. The van der Waals surface area contributed by atoms with Crippen molar-refractivity contribution in [2.75, 3.05) is 24.2 Å². The molecule has 3 N–H and O–H groups in total. The number of nitrogen functional groups attached to an aromatic ring is 1. The van der Waals surface area contributed by atoms with Crippen LogP contribution in [0, 0.1) is 11.3 Å². The lowest BCUT2D eigenvalue weighted by Crippen LogP contribution is -2.27. The number of nitrogens with one attached hydrogen (secondary N) is 1. The maximum atomic E-state index is 7.85. The minimum Gasteiger partial charge on any atom is -0.384 e. The number of nitrogens with zero attached hydrogens (tertiary/aromatic N) is 1. The molecule has 1 aromatic rings. The van der Waals surface area contributed by atoms with Crippen LogP contribution >= 0.6 is 11.8 Å². The van der Waals surface area contributed by atoms with Gasteiger partial charge in [-0.1, -0.05) is 33.3 Å². The summed E-state index contributed by atoms with van der Waals surface area (Å²) >= 11 is 1.74. The third kappa shape index (κ3) is 4.16. The first-order valence-corrected chi connectivity index (χ1v) is 7.81. The smallest absolute Gasteiger partial charge is 0.126 e. The molecule has 0 radical (unpaired) electrons. The van der Waals surface area contributed by atoms with E-state index in [-0.39, 0.29) is 5.84 Å². The van der Waals surface area contributed by atoms with E-state index in [2.05, 4.69) is 38.8 Å². The third-order valence-corrected chi connectivity index (χ3v) is 4.21. The molecule has 0 saturated carbocycles. The largest absolute Gasteiger partial charge is 0.384 e. The molecule has 4 heteroatoms. The van der Waals surface area contributed by atoms with Gasteiger partial charge in [-0.05, 0) is 23.8 Å². The van der Waals surface area contributed by atoms with Crippen LogP contribution in [-0.4, -0.2) is 25.2 Å². The second kappa shape index (κ2) is 7.43.